The minimum atomic E-state index is -0.691. The molecular weight excluding hydrogens is 801 g/mol. The second kappa shape index (κ2) is 17.8. The maximum Gasteiger partial charge on any atom is 0.410 e. The predicted molar refractivity (Wildman–Crippen MR) is 236 cm³/mol. The molecule has 5 aromatic rings. The van der Waals surface area contributed by atoms with Crippen LogP contribution in [0.4, 0.5) is 4.79 Å². The number of likely N-dealkylation sites (tertiary alicyclic amines) is 1. The topological polar surface area (TPSA) is 122 Å². The molecule has 2 fully saturated rings. The van der Waals surface area contributed by atoms with E-state index < -0.39 is 11.7 Å². The van der Waals surface area contributed by atoms with Gasteiger partial charge in [0.15, 0.2) is 0 Å². The monoisotopic (exact) mass is 853 g/mol. The summed E-state index contributed by atoms with van der Waals surface area (Å²) in [6.45, 7) is 9.99. The Balaban J connectivity index is 1.13. The number of piperidine rings is 1. The molecule has 3 amide bonds. The summed E-state index contributed by atoms with van der Waals surface area (Å²) in [6, 6.07) is 17.7. The normalized spacial score (nSPS) is 16.1. The van der Waals surface area contributed by atoms with Gasteiger partial charge in [0, 0.05) is 104 Å². The summed E-state index contributed by atoms with van der Waals surface area (Å²) in [5.41, 5.74) is 6.37. The molecule has 316 valence electrons. The molecule has 14 heteroatoms. The van der Waals surface area contributed by atoms with Crippen LogP contribution in [0.3, 0.4) is 0 Å². The van der Waals surface area contributed by atoms with Gasteiger partial charge >= 0.3 is 6.09 Å². The molecule has 3 aromatic heterocycles. The fourth-order valence-electron chi connectivity index (χ4n) is 8.26. The second-order valence-corrected chi connectivity index (χ2v) is 17.6. The smallest absolute Gasteiger partial charge is 0.410 e. The third kappa shape index (κ3) is 9.41. The van der Waals surface area contributed by atoms with E-state index >= 15 is 0 Å². The molecule has 1 atom stereocenters. The maximum atomic E-state index is 13.4. The average molecular weight is 855 g/mol. The molecule has 5 heterocycles. The second-order valence-electron chi connectivity index (χ2n) is 16.9. The Labute approximate surface area is 361 Å². The first kappa shape index (κ1) is 42.9. The molecule has 0 unspecified atom stereocenters. The Bertz CT molecular complexity index is 2420. The highest BCUT2D eigenvalue weighted by atomic mass is 35.5. The molecule has 1 N–H and O–H groups in total. The lowest BCUT2D eigenvalue weighted by Crippen LogP contribution is -2.44. The van der Waals surface area contributed by atoms with Crippen molar-refractivity contribution in [3.8, 4) is 39.4 Å². The Morgan fingerprint density at radius 2 is 1.68 bits per heavy atom. The van der Waals surface area contributed by atoms with Crippen molar-refractivity contribution >= 4 is 52.1 Å². The van der Waals surface area contributed by atoms with Crippen molar-refractivity contribution < 1.29 is 23.9 Å². The van der Waals surface area contributed by atoms with Gasteiger partial charge in [0.2, 0.25) is 11.8 Å². The highest BCUT2D eigenvalue weighted by molar-refractivity contribution is 6.39. The van der Waals surface area contributed by atoms with Crippen molar-refractivity contribution in [3.05, 3.63) is 88.2 Å². The van der Waals surface area contributed by atoms with Crippen molar-refractivity contribution in [1.29, 1.82) is 0 Å². The molecule has 2 aliphatic heterocycles. The summed E-state index contributed by atoms with van der Waals surface area (Å²) in [5, 5.41) is 4.98. The van der Waals surface area contributed by atoms with Crippen molar-refractivity contribution in [2.24, 2.45) is 7.05 Å². The number of amides is 3. The van der Waals surface area contributed by atoms with Gasteiger partial charge in [0.25, 0.3) is 0 Å². The molecule has 2 saturated heterocycles. The number of rotatable bonds is 11. The number of nitrogens with zero attached hydrogens (tertiary/aromatic N) is 6. The summed E-state index contributed by atoms with van der Waals surface area (Å²) >= 11 is 14.4. The molecule has 7 rings (SSSR count). The van der Waals surface area contributed by atoms with E-state index in [1.165, 1.54) is 5.56 Å². The van der Waals surface area contributed by atoms with Crippen molar-refractivity contribution in [2.45, 2.75) is 84.2 Å². The fourth-order valence-corrected chi connectivity index (χ4v) is 8.90. The van der Waals surface area contributed by atoms with Crippen molar-refractivity contribution in [3.63, 3.8) is 0 Å². The van der Waals surface area contributed by atoms with Crippen LogP contribution >= 0.6 is 23.2 Å². The number of fused-ring (bicyclic) bond motifs is 1. The number of hydrogen-bond acceptors (Lipinski definition) is 8. The number of halogens is 2. The number of nitrogens with one attached hydrogen (secondary N) is 1. The Morgan fingerprint density at radius 1 is 0.950 bits per heavy atom. The van der Waals surface area contributed by atoms with Gasteiger partial charge in [-0.1, -0.05) is 53.5 Å². The molecule has 0 spiro atoms. The van der Waals surface area contributed by atoms with Gasteiger partial charge in [-0.2, -0.15) is 0 Å². The average Bonchev–Trinajstić information content (AvgIpc) is 3.77. The van der Waals surface area contributed by atoms with Gasteiger partial charge in [0.1, 0.15) is 17.0 Å². The first-order valence-corrected chi connectivity index (χ1v) is 21.1. The molecule has 0 radical (unpaired) electrons. The Morgan fingerprint density at radius 3 is 2.37 bits per heavy atom. The van der Waals surface area contributed by atoms with E-state index in [1.807, 2.05) is 81.2 Å². The number of ether oxygens (including phenoxy) is 2. The quantitative estimate of drug-likeness (QED) is 0.140. The maximum absolute atomic E-state index is 13.4. The summed E-state index contributed by atoms with van der Waals surface area (Å²) in [5.74, 6) is 0.669. The minimum absolute atomic E-state index is 0.0233. The summed E-state index contributed by atoms with van der Waals surface area (Å²) < 4.78 is 13.6. The summed E-state index contributed by atoms with van der Waals surface area (Å²) in [6.07, 6.45) is 6.37. The van der Waals surface area contributed by atoms with E-state index in [4.69, 9.17) is 37.7 Å². The van der Waals surface area contributed by atoms with Crippen LogP contribution in [0.2, 0.25) is 10.0 Å². The predicted octanol–water partition coefficient (Wildman–Crippen LogP) is 8.74. The lowest BCUT2D eigenvalue weighted by Gasteiger charge is -2.36. The number of hydrogen-bond donors (Lipinski definition) is 1. The van der Waals surface area contributed by atoms with Gasteiger partial charge < -0.3 is 29.2 Å². The lowest BCUT2D eigenvalue weighted by atomic mass is 9.99. The van der Waals surface area contributed by atoms with Gasteiger partial charge in [-0.15, -0.1) is 0 Å². The highest BCUT2D eigenvalue weighted by Gasteiger charge is 2.30. The number of methoxy groups -OCH3 is 1. The number of benzene rings is 2. The Kier molecular flexibility index (Phi) is 12.7. The molecule has 0 aliphatic carbocycles. The van der Waals surface area contributed by atoms with Crippen LogP contribution in [0.1, 0.15) is 64.5 Å². The first-order valence-electron chi connectivity index (χ1n) is 20.4. The van der Waals surface area contributed by atoms with Crippen LogP contribution in [-0.4, -0.2) is 98.6 Å². The van der Waals surface area contributed by atoms with Crippen molar-refractivity contribution in [2.75, 3.05) is 33.8 Å². The Hall–Kier alpha value is -5.17. The summed E-state index contributed by atoms with van der Waals surface area (Å²) in [7, 11) is 5.75. The van der Waals surface area contributed by atoms with Crippen molar-refractivity contribution in [1.82, 2.24) is 34.6 Å². The molecule has 2 aliphatic rings. The van der Waals surface area contributed by atoms with Gasteiger partial charge in [-0.25, -0.2) is 9.78 Å². The fraction of sp³-hybridized carbons (Fsp3) is 0.413. The standard InChI is InChI=1S/C46H53Cl2N7O5/c1-28(56)54-21-18-33(19-22-54)52(5)24-31-25-53(6)44-34(31)14-15-38(51-44)37-10-8-9-35(41(37)47)36-17-20-49-43(42(36)48)29-11-12-30(39(23-29)59-7)26-55(45(58)60-46(2,3)4)27-32-13-16-40(57)50-32/h8-12,14-15,17,20,23,25,32-33H,13,16,18-19,21-22,24,26-27H2,1-7H3,(H,50,57)/t32-/m0/s1. The number of carbonyl (C=O) groups excluding carboxylic acids is 3. The van der Waals surface area contributed by atoms with E-state index in [-0.39, 0.29) is 24.4 Å². The van der Waals surface area contributed by atoms with Gasteiger partial charge in [0.05, 0.1) is 35.1 Å². The number of pyridine rings is 2. The first-order chi connectivity index (χ1) is 28.6. The number of aryl methyl sites for hydroxylation is 1. The van der Waals surface area contributed by atoms with E-state index in [0.29, 0.717) is 52.5 Å². The lowest BCUT2D eigenvalue weighted by molar-refractivity contribution is -0.130. The van der Waals surface area contributed by atoms with E-state index in [1.54, 1.807) is 25.1 Å². The van der Waals surface area contributed by atoms with Crippen LogP contribution in [-0.2, 0) is 34.5 Å². The number of aromatic nitrogens is 3. The molecule has 12 nitrogen and oxygen atoms in total. The molecule has 0 bridgehead atoms. The molecule has 2 aromatic carbocycles. The molecular formula is C46H53Cl2N7O5. The SMILES string of the molecule is COc1cc(-c2nccc(-c3cccc(-c4ccc5c(CN(C)C6CCN(C(C)=O)CC6)cn(C)c5n4)c3Cl)c2Cl)ccc1CN(C[C@@H]1CCC(=O)N1)C(=O)OC(C)(C)C. The zero-order valence-electron chi connectivity index (χ0n) is 35.3. The van der Waals surface area contributed by atoms with Crippen LogP contribution in [0.25, 0.3) is 44.7 Å². The van der Waals surface area contributed by atoms with Crippen LogP contribution in [0.15, 0.2) is 67.0 Å². The largest absolute Gasteiger partial charge is 0.496 e. The molecule has 60 heavy (non-hydrogen) atoms. The number of carbonyl (C=O) groups is 3. The zero-order chi connectivity index (χ0) is 42.9. The zero-order valence-corrected chi connectivity index (χ0v) is 36.9. The van der Waals surface area contributed by atoms with E-state index in [2.05, 4.69) is 39.1 Å². The van der Waals surface area contributed by atoms with Crippen LogP contribution < -0.4 is 10.1 Å². The van der Waals surface area contributed by atoms with E-state index in [0.717, 1.165) is 71.5 Å². The molecule has 0 saturated carbocycles. The third-order valence-electron chi connectivity index (χ3n) is 11.4. The summed E-state index contributed by atoms with van der Waals surface area (Å²) in [4.78, 5) is 52.8. The minimum Gasteiger partial charge on any atom is -0.496 e. The third-order valence-corrected chi connectivity index (χ3v) is 12.2. The van der Waals surface area contributed by atoms with Gasteiger partial charge in [-0.05, 0) is 76.9 Å². The highest BCUT2D eigenvalue weighted by Crippen LogP contribution is 2.42. The van der Waals surface area contributed by atoms with Crippen LogP contribution in [0.5, 0.6) is 5.75 Å². The van der Waals surface area contributed by atoms with Crippen LogP contribution in [0, 0.1) is 0 Å². The van der Waals surface area contributed by atoms with Gasteiger partial charge in [-0.3, -0.25) is 19.5 Å². The van der Waals surface area contributed by atoms with E-state index in [9.17, 15) is 14.4 Å².